The van der Waals surface area contributed by atoms with Gasteiger partial charge in [-0.25, -0.2) is 13.4 Å². The van der Waals surface area contributed by atoms with Gasteiger partial charge in [0.2, 0.25) is 15.9 Å². The molecule has 0 radical (unpaired) electrons. The van der Waals surface area contributed by atoms with Gasteiger partial charge in [0.25, 0.3) is 0 Å². The molecule has 0 bridgehead atoms. The van der Waals surface area contributed by atoms with E-state index in [1.54, 1.807) is 36.8 Å². The fourth-order valence-electron chi connectivity index (χ4n) is 2.95. The van der Waals surface area contributed by atoms with Gasteiger partial charge >= 0.3 is 0 Å². The third kappa shape index (κ3) is 3.06. The fourth-order valence-corrected chi connectivity index (χ4v) is 4.60. The lowest BCUT2D eigenvalue weighted by atomic mass is 10.2. The van der Waals surface area contributed by atoms with Crippen LogP contribution in [0.15, 0.2) is 60.0 Å². The molecule has 7 nitrogen and oxygen atoms in total. The van der Waals surface area contributed by atoms with Gasteiger partial charge in [0.1, 0.15) is 11.0 Å². The molecule has 1 aliphatic heterocycles. The van der Waals surface area contributed by atoms with Crippen LogP contribution in [0.5, 0.6) is 5.88 Å². The van der Waals surface area contributed by atoms with Crippen LogP contribution in [0.1, 0.15) is 6.42 Å². The molecule has 3 heterocycles. The molecule has 0 saturated carbocycles. The highest BCUT2D eigenvalue weighted by Gasteiger charge is 2.35. The van der Waals surface area contributed by atoms with Crippen molar-refractivity contribution in [2.24, 2.45) is 0 Å². The predicted molar refractivity (Wildman–Crippen MR) is 91.6 cm³/mol. The highest BCUT2D eigenvalue weighted by atomic mass is 32.2. The van der Waals surface area contributed by atoms with Crippen molar-refractivity contribution < 1.29 is 13.2 Å². The first kappa shape index (κ1) is 15.9. The molecule has 1 atom stereocenters. The maximum Gasteiger partial charge on any atom is 0.245 e. The van der Waals surface area contributed by atoms with E-state index in [-0.39, 0.29) is 17.5 Å². The summed E-state index contributed by atoms with van der Waals surface area (Å²) in [4.78, 5) is 12.5. The summed E-state index contributed by atoms with van der Waals surface area (Å²) in [7, 11) is -3.64. The molecular weight excluding hydrogens is 340 g/mol. The summed E-state index contributed by atoms with van der Waals surface area (Å²) in [5.74, 6) is 0.401. The van der Waals surface area contributed by atoms with Gasteiger partial charge < -0.3 is 4.74 Å². The zero-order valence-electron chi connectivity index (χ0n) is 13.3. The normalized spacial score (nSPS) is 18.5. The maximum absolute atomic E-state index is 13.0. The Morgan fingerprint density at radius 3 is 2.80 bits per heavy atom. The van der Waals surface area contributed by atoms with E-state index in [0.717, 1.165) is 5.39 Å². The zero-order valence-corrected chi connectivity index (χ0v) is 14.1. The van der Waals surface area contributed by atoms with Crippen molar-refractivity contribution in [3.63, 3.8) is 0 Å². The van der Waals surface area contributed by atoms with Crippen LogP contribution in [0.3, 0.4) is 0 Å². The van der Waals surface area contributed by atoms with Crippen LogP contribution >= 0.6 is 0 Å². The van der Waals surface area contributed by atoms with Crippen LogP contribution in [0.25, 0.3) is 10.9 Å². The average Bonchev–Trinajstić information content (AvgIpc) is 3.11. The smallest absolute Gasteiger partial charge is 0.245 e. The lowest BCUT2D eigenvalue weighted by Crippen LogP contribution is -2.31. The third-order valence-electron chi connectivity index (χ3n) is 4.15. The number of sulfonamides is 1. The van der Waals surface area contributed by atoms with Crippen LogP contribution < -0.4 is 4.74 Å². The van der Waals surface area contributed by atoms with Crippen LogP contribution in [0, 0.1) is 0 Å². The molecule has 0 spiro atoms. The number of nitrogens with zero attached hydrogens (tertiary/aromatic N) is 4. The molecule has 4 rings (SSSR count). The highest BCUT2D eigenvalue weighted by molar-refractivity contribution is 7.89. The van der Waals surface area contributed by atoms with E-state index in [1.165, 1.54) is 10.5 Å². The van der Waals surface area contributed by atoms with Crippen molar-refractivity contribution in [1.82, 2.24) is 19.3 Å². The van der Waals surface area contributed by atoms with Crippen molar-refractivity contribution in [3.8, 4) is 5.88 Å². The van der Waals surface area contributed by atoms with Gasteiger partial charge in [0.15, 0.2) is 0 Å². The van der Waals surface area contributed by atoms with Crippen molar-refractivity contribution >= 4 is 20.9 Å². The fraction of sp³-hybridized carbons (Fsp3) is 0.235. The lowest BCUT2D eigenvalue weighted by Gasteiger charge is -2.17. The highest BCUT2D eigenvalue weighted by Crippen LogP contribution is 2.27. The van der Waals surface area contributed by atoms with E-state index in [2.05, 4.69) is 15.0 Å². The number of rotatable bonds is 4. The van der Waals surface area contributed by atoms with E-state index >= 15 is 0 Å². The monoisotopic (exact) mass is 356 g/mol. The summed E-state index contributed by atoms with van der Waals surface area (Å²) >= 11 is 0. The third-order valence-corrected chi connectivity index (χ3v) is 6.04. The van der Waals surface area contributed by atoms with Gasteiger partial charge in [-0.15, -0.1) is 0 Å². The predicted octanol–water partition coefficient (Wildman–Crippen LogP) is 1.87. The van der Waals surface area contributed by atoms with E-state index < -0.39 is 10.0 Å². The second kappa shape index (κ2) is 6.38. The Labute approximate surface area is 145 Å². The summed E-state index contributed by atoms with van der Waals surface area (Å²) in [5, 5.41) is 0.801. The Morgan fingerprint density at radius 1 is 1.08 bits per heavy atom. The minimum atomic E-state index is -3.64. The summed E-state index contributed by atoms with van der Waals surface area (Å²) in [5.41, 5.74) is 0.489. The summed E-state index contributed by atoms with van der Waals surface area (Å²) in [6, 6.07) is 8.83. The molecule has 0 aliphatic carbocycles. The van der Waals surface area contributed by atoms with Gasteiger partial charge in [-0.1, -0.05) is 18.2 Å². The largest absolute Gasteiger partial charge is 0.472 e. The van der Waals surface area contributed by atoms with Gasteiger partial charge in [-0.2, -0.15) is 4.31 Å². The first-order valence-electron chi connectivity index (χ1n) is 7.91. The number of ether oxygens (including phenoxy) is 1. The van der Waals surface area contributed by atoms with Crippen molar-refractivity contribution in [1.29, 1.82) is 0 Å². The van der Waals surface area contributed by atoms with E-state index in [9.17, 15) is 8.42 Å². The number of benzene rings is 1. The van der Waals surface area contributed by atoms with Gasteiger partial charge in [0.05, 0.1) is 18.3 Å². The number of para-hydroxylation sites is 1. The van der Waals surface area contributed by atoms with Crippen LogP contribution in [0.4, 0.5) is 0 Å². The molecule has 0 amide bonds. The van der Waals surface area contributed by atoms with Crippen molar-refractivity contribution in [2.45, 2.75) is 17.4 Å². The quantitative estimate of drug-likeness (QED) is 0.709. The molecule has 1 fully saturated rings. The second-order valence-electron chi connectivity index (χ2n) is 5.77. The molecule has 25 heavy (non-hydrogen) atoms. The molecule has 2 aromatic heterocycles. The second-order valence-corrected chi connectivity index (χ2v) is 7.67. The number of pyridine rings is 1. The average molecular weight is 356 g/mol. The molecule has 0 unspecified atom stereocenters. The minimum absolute atomic E-state index is 0.228. The Kier molecular flexibility index (Phi) is 4.06. The van der Waals surface area contributed by atoms with E-state index in [4.69, 9.17) is 4.74 Å². The summed E-state index contributed by atoms with van der Waals surface area (Å²) in [6.45, 7) is 0.679. The SMILES string of the molecule is O=S(=O)(c1cccc2cccnc12)N1CC[C@H](Oc2cnccn2)C1. The Hall–Kier alpha value is -2.58. The Bertz CT molecular complexity index is 990. The molecule has 3 aromatic rings. The molecule has 128 valence electrons. The molecule has 1 saturated heterocycles. The first-order chi connectivity index (χ1) is 12.1. The van der Waals surface area contributed by atoms with Crippen LogP contribution in [-0.4, -0.2) is 46.9 Å². The van der Waals surface area contributed by atoms with E-state index in [1.807, 2.05) is 12.1 Å². The maximum atomic E-state index is 13.0. The molecule has 1 aliphatic rings. The number of aromatic nitrogens is 3. The number of hydrogen-bond donors (Lipinski definition) is 0. The zero-order chi connectivity index (χ0) is 17.3. The lowest BCUT2D eigenvalue weighted by molar-refractivity contribution is 0.206. The van der Waals surface area contributed by atoms with Gasteiger partial charge in [-0.05, 0) is 18.6 Å². The molecular formula is C17H16N4O3S. The minimum Gasteiger partial charge on any atom is -0.472 e. The topological polar surface area (TPSA) is 85.3 Å². The number of hydrogen-bond acceptors (Lipinski definition) is 6. The van der Waals surface area contributed by atoms with Gasteiger partial charge in [0, 0.05) is 30.5 Å². The van der Waals surface area contributed by atoms with E-state index in [0.29, 0.717) is 24.4 Å². The van der Waals surface area contributed by atoms with Crippen molar-refractivity contribution in [3.05, 3.63) is 55.1 Å². The summed E-state index contributed by atoms with van der Waals surface area (Å²) in [6.07, 6.45) is 6.59. The summed E-state index contributed by atoms with van der Waals surface area (Å²) < 4.78 is 33.3. The Morgan fingerprint density at radius 2 is 1.96 bits per heavy atom. The standard InChI is InChI=1S/C17H16N4O3S/c22-25(23,15-5-1-3-13-4-2-7-20-17(13)15)21-10-6-14(12-21)24-16-11-18-8-9-19-16/h1-5,7-9,11,14H,6,10,12H2/t14-/m0/s1. The van der Waals surface area contributed by atoms with Crippen molar-refractivity contribution in [2.75, 3.05) is 13.1 Å². The van der Waals surface area contributed by atoms with Crippen LogP contribution in [-0.2, 0) is 10.0 Å². The number of fused-ring (bicyclic) bond motifs is 1. The molecule has 1 aromatic carbocycles. The molecule has 0 N–H and O–H groups in total. The Balaban J connectivity index is 1.59. The van der Waals surface area contributed by atoms with Crippen LogP contribution in [0.2, 0.25) is 0 Å². The van der Waals surface area contributed by atoms with Gasteiger partial charge in [-0.3, -0.25) is 9.97 Å². The first-order valence-corrected chi connectivity index (χ1v) is 9.35. The molecule has 8 heteroatoms.